The number of hydrogen-bond donors (Lipinski definition) is 2. The lowest BCUT2D eigenvalue weighted by atomic mass is 9.81. The summed E-state index contributed by atoms with van der Waals surface area (Å²) in [6.45, 7) is 0.185. The maximum atomic E-state index is 13.2. The molecule has 2 N–H and O–H groups in total. The zero-order chi connectivity index (χ0) is 21.2. The van der Waals surface area contributed by atoms with Gasteiger partial charge in [-0.05, 0) is 37.0 Å². The molecule has 0 saturated heterocycles. The van der Waals surface area contributed by atoms with E-state index in [1.807, 2.05) is 30.3 Å². The highest BCUT2D eigenvalue weighted by Crippen LogP contribution is 2.40. The SMILES string of the molecule is O=C1C(O)=C(COc2cc[nH]c2)C(C2CCCCC2)N1c1ccc(-c2ccon2)cc1. The van der Waals surface area contributed by atoms with E-state index in [1.54, 1.807) is 23.4 Å². The molecule has 2 aliphatic rings. The Morgan fingerprint density at radius 2 is 1.94 bits per heavy atom. The lowest BCUT2D eigenvalue weighted by Crippen LogP contribution is -2.42. The van der Waals surface area contributed by atoms with Gasteiger partial charge in [-0.2, -0.15) is 0 Å². The number of amides is 1. The normalized spacial score (nSPS) is 19.9. The third kappa shape index (κ3) is 3.71. The first-order chi connectivity index (χ1) is 15.2. The van der Waals surface area contributed by atoms with Crippen LogP contribution in [0.15, 0.2) is 70.9 Å². The number of hydrogen-bond acceptors (Lipinski definition) is 5. The topological polar surface area (TPSA) is 91.6 Å². The van der Waals surface area contributed by atoms with Crippen LogP contribution in [-0.4, -0.2) is 33.8 Å². The first-order valence-electron chi connectivity index (χ1n) is 10.7. The highest BCUT2D eigenvalue weighted by molar-refractivity contribution is 6.08. The smallest absolute Gasteiger partial charge is 0.293 e. The minimum absolute atomic E-state index is 0.185. The van der Waals surface area contributed by atoms with Crippen LogP contribution in [0.25, 0.3) is 11.3 Å². The first kappa shape index (κ1) is 19.5. The van der Waals surface area contributed by atoms with Crippen molar-refractivity contribution in [2.24, 2.45) is 5.92 Å². The van der Waals surface area contributed by atoms with E-state index < -0.39 is 0 Å². The van der Waals surface area contributed by atoms with Crippen molar-refractivity contribution < 1.29 is 19.2 Å². The number of rotatable bonds is 6. The summed E-state index contributed by atoms with van der Waals surface area (Å²) in [6, 6.07) is 11.1. The van der Waals surface area contributed by atoms with E-state index >= 15 is 0 Å². The molecular formula is C24H25N3O4. The highest BCUT2D eigenvalue weighted by atomic mass is 16.5. The Bertz CT molecular complexity index is 1050. The molecule has 1 atom stereocenters. The Morgan fingerprint density at radius 3 is 2.61 bits per heavy atom. The molecule has 1 fully saturated rings. The number of carbonyl (C=O) groups excluding carboxylic acids is 1. The molecule has 1 unspecified atom stereocenters. The predicted molar refractivity (Wildman–Crippen MR) is 116 cm³/mol. The van der Waals surface area contributed by atoms with Crippen LogP contribution < -0.4 is 9.64 Å². The summed E-state index contributed by atoms with van der Waals surface area (Å²) in [5, 5.41) is 14.8. The number of aromatic nitrogens is 2. The molecule has 3 aromatic rings. The Balaban J connectivity index is 1.45. The van der Waals surface area contributed by atoms with Crippen LogP contribution in [0.1, 0.15) is 32.1 Å². The molecular weight excluding hydrogens is 394 g/mol. The van der Waals surface area contributed by atoms with Crippen LogP contribution >= 0.6 is 0 Å². The lowest BCUT2D eigenvalue weighted by Gasteiger charge is -2.35. The zero-order valence-electron chi connectivity index (χ0n) is 17.2. The van der Waals surface area contributed by atoms with E-state index in [2.05, 4.69) is 10.1 Å². The summed E-state index contributed by atoms with van der Waals surface area (Å²) < 4.78 is 10.8. The number of carbonyl (C=O) groups is 1. The third-order valence-corrected chi connectivity index (χ3v) is 6.30. The van der Waals surface area contributed by atoms with Gasteiger partial charge in [0.15, 0.2) is 5.76 Å². The Morgan fingerprint density at radius 1 is 1.13 bits per heavy atom. The van der Waals surface area contributed by atoms with Crippen LogP contribution in [0.4, 0.5) is 5.69 Å². The molecule has 1 aliphatic heterocycles. The predicted octanol–water partition coefficient (Wildman–Crippen LogP) is 4.86. The largest absolute Gasteiger partial charge is 0.503 e. The molecule has 31 heavy (non-hydrogen) atoms. The number of aliphatic hydroxyl groups excluding tert-OH is 1. The van der Waals surface area contributed by atoms with Crippen LogP contribution in [0.5, 0.6) is 5.75 Å². The number of nitrogens with one attached hydrogen (secondary N) is 1. The van der Waals surface area contributed by atoms with Gasteiger partial charge in [-0.25, -0.2) is 0 Å². The number of aliphatic hydroxyl groups is 1. The molecule has 1 amide bonds. The van der Waals surface area contributed by atoms with Gasteiger partial charge in [0.2, 0.25) is 0 Å². The van der Waals surface area contributed by atoms with Crippen molar-refractivity contribution in [3.05, 3.63) is 66.4 Å². The van der Waals surface area contributed by atoms with E-state index in [-0.39, 0.29) is 24.3 Å². The average Bonchev–Trinajstić information content (AvgIpc) is 3.56. The van der Waals surface area contributed by atoms with Gasteiger partial charge >= 0.3 is 0 Å². The fourth-order valence-electron chi connectivity index (χ4n) is 4.76. The Kier molecular flexibility index (Phi) is 5.24. The Hall–Kier alpha value is -3.48. The average molecular weight is 419 g/mol. The number of benzene rings is 1. The van der Waals surface area contributed by atoms with Crippen LogP contribution in [0, 0.1) is 5.92 Å². The van der Waals surface area contributed by atoms with E-state index in [9.17, 15) is 9.90 Å². The minimum Gasteiger partial charge on any atom is -0.503 e. The molecule has 1 aromatic carbocycles. The van der Waals surface area contributed by atoms with Crippen molar-refractivity contribution in [3.8, 4) is 17.0 Å². The van der Waals surface area contributed by atoms with Gasteiger partial charge < -0.3 is 19.4 Å². The van der Waals surface area contributed by atoms with Crippen LogP contribution in [-0.2, 0) is 4.79 Å². The number of ether oxygens (including phenoxy) is 1. The van der Waals surface area contributed by atoms with Gasteiger partial charge in [0, 0.05) is 35.3 Å². The van der Waals surface area contributed by atoms with Crippen molar-refractivity contribution in [2.45, 2.75) is 38.1 Å². The molecule has 0 spiro atoms. The van der Waals surface area contributed by atoms with Gasteiger partial charge in [0.25, 0.3) is 5.91 Å². The molecule has 7 nitrogen and oxygen atoms in total. The molecule has 0 bridgehead atoms. The van der Waals surface area contributed by atoms with Crippen molar-refractivity contribution in [1.29, 1.82) is 0 Å². The van der Waals surface area contributed by atoms with E-state index in [1.165, 1.54) is 12.7 Å². The second-order valence-corrected chi connectivity index (χ2v) is 8.16. The van der Waals surface area contributed by atoms with Crippen molar-refractivity contribution in [1.82, 2.24) is 10.1 Å². The van der Waals surface area contributed by atoms with Gasteiger partial charge in [-0.15, -0.1) is 0 Å². The van der Waals surface area contributed by atoms with Crippen molar-refractivity contribution in [2.75, 3.05) is 11.5 Å². The van der Waals surface area contributed by atoms with E-state index in [0.717, 1.165) is 42.6 Å². The van der Waals surface area contributed by atoms with Crippen LogP contribution in [0.2, 0.25) is 0 Å². The monoisotopic (exact) mass is 419 g/mol. The standard InChI is InChI=1S/C24H25N3O4/c28-23-20(15-30-19-10-12-25-14-19)22(17-4-2-1-3-5-17)27(24(23)29)18-8-6-16(7-9-18)21-11-13-31-26-21/h6-14,17,22,25,28H,1-5,15H2. The number of anilines is 1. The van der Waals surface area contributed by atoms with Gasteiger partial charge in [-0.1, -0.05) is 36.6 Å². The fraction of sp³-hybridized carbons (Fsp3) is 0.333. The maximum Gasteiger partial charge on any atom is 0.293 e. The number of H-pyrrole nitrogens is 1. The molecule has 3 heterocycles. The highest BCUT2D eigenvalue weighted by Gasteiger charge is 2.44. The lowest BCUT2D eigenvalue weighted by molar-refractivity contribution is -0.117. The van der Waals surface area contributed by atoms with Gasteiger partial charge in [0.05, 0.1) is 6.04 Å². The molecule has 7 heteroatoms. The minimum atomic E-state index is -0.363. The summed E-state index contributed by atoms with van der Waals surface area (Å²) in [6.07, 6.45) is 10.6. The summed E-state index contributed by atoms with van der Waals surface area (Å²) in [4.78, 5) is 17.9. The first-order valence-corrected chi connectivity index (χ1v) is 10.7. The molecule has 0 radical (unpaired) electrons. The molecule has 5 rings (SSSR count). The van der Waals surface area contributed by atoms with Crippen LogP contribution in [0.3, 0.4) is 0 Å². The molecule has 160 valence electrons. The summed E-state index contributed by atoms with van der Waals surface area (Å²) in [5.41, 5.74) is 3.07. The quantitative estimate of drug-likeness (QED) is 0.596. The molecule has 2 aromatic heterocycles. The second kappa shape index (κ2) is 8.34. The third-order valence-electron chi connectivity index (χ3n) is 6.30. The second-order valence-electron chi connectivity index (χ2n) is 8.16. The number of aromatic amines is 1. The Labute approximate surface area is 180 Å². The van der Waals surface area contributed by atoms with Gasteiger partial charge in [0.1, 0.15) is 24.3 Å². The number of nitrogens with zero attached hydrogens (tertiary/aromatic N) is 2. The maximum absolute atomic E-state index is 13.2. The summed E-state index contributed by atoms with van der Waals surface area (Å²) in [7, 11) is 0. The molecule has 1 aliphatic carbocycles. The zero-order valence-corrected chi connectivity index (χ0v) is 17.2. The fourth-order valence-corrected chi connectivity index (χ4v) is 4.76. The molecule has 1 saturated carbocycles. The van der Waals surface area contributed by atoms with E-state index in [0.29, 0.717) is 17.2 Å². The van der Waals surface area contributed by atoms with Crippen molar-refractivity contribution in [3.63, 3.8) is 0 Å². The van der Waals surface area contributed by atoms with Crippen molar-refractivity contribution >= 4 is 11.6 Å². The summed E-state index contributed by atoms with van der Waals surface area (Å²) in [5.74, 6) is 0.428. The van der Waals surface area contributed by atoms with E-state index in [4.69, 9.17) is 9.26 Å². The summed E-state index contributed by atoms with van der Waals surface area (Å²) >= 11 is 0. The van der Waals surface area contributed by atoms with Gasteiger partial charge in [-0.3, -0.25) is 9.69 Å².